The van der Waals surface area contributed by atoms with Gasteiger partial charge in [0.05, 0.1) is 4.88 Å². The fraction of sp³-hybridized carbons (Fsp3) is 0.415. The van der Waals surface area contributed by atoms with Gasteiger partial charge >= 0.3 is 17.8 Å². The summed E-state index contributed by atoms with van der Waals surface area (Å²) in [5.74, 6) is -17.0. The van der Waals surface area contributed by atoms with Gasteiger partial charge in [-0.1, -0.05) is 99.2 Å². The van der Waals surface area contributed by atoms with Crippen molar-refractivity contribution in [3.05, 3.63) is 105 Å². The van der Waals surface area contributed by atoms with Crippen molar-refractivity contribution in [2.45, 2.75) is 110 Å². The van der Waals surface area contributed by atoms with Gasteiger partial charge in [0.15, 0.2) is 6.29 Å². The first-order chi connectivity index (χ1) is 23.7. The van der Waals surface area contributed by atoms with Crippen LogP contribution in [0.3, 0.4) is 0 Å². The Morgan fingerprint density at radius 2 is 1.23 bits per heavy atom. The van der Waals surface area contributed by atoms with Crippen molar-refractivity contribution in [1.82, 2.24) is 0 Å². The van der Waals surface area contributed by atoms with Gasteiger partial charge in [0.1, 0.15) is 5.76 Å². The number of hydrogen-bond acceptors (Lipinski definition) is 5. The molecule has 1 aliphatic carbocycles. The van der Waals surface area contributed by atoms with Crippen LogP contribution in [0.4, 0.5) is 26.3 Å². The van der Waals surface area contributed by atoms with Crippen LogP contribution in [0, 0.1) is 0 Å². The number of benzene rings is 1. The average molecular weight is 779 g/mol. The van der Waals surface area contributed by atoms with E-state index in [1.165, 1.54) is 47.8 Å². The Balaban J connectivity index is 1.91. The minimum absolute atomic E-state index is 0.109. The molecule has 0 radical (unpaired) electrons. The third kappa shape index (κ3) is 6.98. The molecule has 52 heavy (non-hydrogen) atoms. The smallest absolute Gasteiger partial charge is 0.380 e. The SMILES string of the molecule is C=C/C(C1=C(c2cc(-c3ccc(C(C)(C)C)s3)sc2-c2ccc(C(C)(C)C)s2)C(F)(F)C(F)(F)C1(F)F)=C(\OC(C)O)c1ccc(C(C)(C)C)cc1. The van der Waals surface area contributed by atoms with Crippen LogP contribution in [0.15, 0.2) is 78.4 Å². The van der Waals surface area contributed by atoms with Crippen LogP contribution in [0.5, 0.6) is 0 Å². The minimum Gasteiger partial charge on any atom is -0.464 e. The molecule has 0 spiro atoms. The lowest BCUT2D eigenvalue weighted by molar-refractivity contribution is -0.259. The lowest BCUT2D eigenvalue weighted by atomic mass is 9.86. The van der Waals surface area contributed by atoms with E-state index in [9.17, 15) is 5.11 Å². The first kappa shape index (κ1) is 40.1. The maximum atomic E-state index is 16.5. The van der Waals surface area contributed by atoms with Crippen molar-refractivity contribution >= 4 is 45.3 Å². The number of ether oxygens (including phenoxy) is 1. The van der Waals surface area contributed by atoms with Crippen LogP contribution in [-0.2, 0) is 21.0 Å². The van der Waals surface area contributed by atoms with Crippen LogP contribution in [0.1, 0.15) is 95.7 Å². The molecule has 1 unspecified atom stereocenters. The predicted octanol–water partition coefficient (Wildman–Crippen LogP) is 13.7. The molecule has 3 aromatic heterocycles. The maximum Gasteiger partial charge on any atom is 0.380 e. The number of hydrogen-bond donors (Lipinski definition) is 1. The van der Waals surface area contributed by atoms with Gasteiger partial charge in [0.25, 0.3) is 0 Å². The van der Waals surface area contributed by atoms with E-state index in [0.29, 0.717) is 14.6 Å². The summed E-state index contributed by atoms with van der Waals surface area (Å²) < 4.78 is 103. The second-order valence-electron chi connectivity index (χ2n) is 16.1. The maximum absolute atomic E-state index is 16.5. The zero-order valence-electron chi connectivity index (χ0n) is 30.9. The highest BCUT2D eigenvalue weighted by Gasteiger charge is 2.80. The fourth-order valence-corrected chi connectivity index (χ4v) is 9.44. The van der Waals surface area contributed by atoms with Crippen molar-refractivity contribution in [3.8, 4) is 19.5 Å². The Labute approximate surface area is 314 Å². The van der Waals surface area contributed by atoms with Gasteiger partial charge in [-0.25, -0.2) is 0 Å². The molecule has 4 aromatic rings. The molecule has 0 aliphatic heterocycles. The van der Waals surface area contributed by atoms with E-state index in [-0.39, 0.29) is 26.7 Å². The monoisotopic (exact) mass is 778 g/mol. The van der Waals surface area contributed by atoms with Gasteiger partial charge in [-0.05, 0) is 59.1 Å². The van der Waals surface area contributed by atoms with Crippen LogP contribution in [0.2, 0.25) is 0 Å². The molecule has 5 rings (SSSR count). The summed E-state index contributed by atoms with van der Waals surface area (Å²) in [6.07, 6.45) is -0.797. The number of aliphatic hydroxyl groups is 1. The van der Waals surface area contributed by atoms with Crippen molar-refractivity contribution in [3.63, 3.8) is 0 Å². The molecule has 0 fully saturated rings. The molecule has 1 aliphatic rings. The molecule has 280 valence electrons. The first-order valence-electron chi connectivity index (χ1n) is 16.8. The summed E-state index contributed by atoms with van der Waals surface area (Å²) in [5, 5.41) is 10.3. The Bertz CT molecular complexity index is 2040. The molecule has 0 saturated carbocycles. The van der Waals surface area contributed by atoms with Gasteiger partial charge in [-0.2, -0.15) is 26.3 Å². The minimum atomic E-state index is -5.82. The molecule has 3 heterocycles. The zero-order valence-corrected chi connectivity index (χ0v) is 33.4. The molecule has 1 aromatic carbocycles. The summed E-state index contributed by atoms with van der Waals surface area (Å²) >= 11 is 3.81. The molecule has 1 atom stereocenters. The van der Waals surface area contributed by atoms with Crippen LogP contribution < -0.4 is 0 Å². The quantitative estimate of drug-likeness (QED) is 0.0835. The van der Waals surface area contributed by atoms with E-state index >= 15 is 26.3 Å². The fourth-order valence-electron chi connectivity index (χ4n) is 5.94. The normalized spacial score (nSPS) is 18.4. The van der Waals surface area contributed by atoms with Crippen molar-refractivity contribution in [2.75, 3.05) is 0 Å². The van der Waals surface area contributed by atoms with E-state index in [4.69, 9.17) is 4.74 Å². The lowest BCUT2D eigenvalue weighted by Crippen LogP contribution is -2.49. The average Bonchev–Trinajstić information content (AvgIpc) is 3.80. The molecular weight excluding hydrogens is 735 g/mol. The summed E-state index contributed by atoms with van der Waals surface area (Å²) in [6, 6.07) is 15.1. The van der Waals surface area contributed by atoms with E-state index < -0.39 is 52.1 Å². The number of rotatable bonds is 8. The van der Waals surface area contributed by atoms with E-state index in [0.717, 1.165) is 32.7 Å². The Morgan fingerprint density at radius 3 is 1.69 bits per heavy atom. The largest absolute Gasteiger partial charge is 0.464 e. The van der Waals surface area contributed by atoms with E-state index in [1.54, 1.807) is 18.2 Å². The molecule has 0 amide bonds. The summed E-state index contributed by atoms with van der Waals surface area (Å²) in [7, 11) is 0. The molecule has 2 nitrogen and oxygen atoms in total. The molecule has 1 N–H and O–H groups in total. The van der Waals surface area contributed by atoms with Gasteiger partial charge in [-0.15, -0.1) is 34.0 Å². The number of halogens is 6. The number of aliphatic hydroxyl groups excluding tert-OH is 1. The third-order valence-electron chi connectivity index (χ3n) is 8.84. The predicted molar refractivity (Wildman–Crippen MR) is 205 cm³/mol. The lowest BCUT2D eigenvalue weighted by Gasteiger charge is -2.26. The third-order valence-corrected chi connectivity index (χ3v) is 13.4. The highest BCUT2D eigenvalue weighted by Crippen LogP contribution is 2.66. The number of thiophene rings is 3. The van der Waals surface area contributed by atoms with Gasteiger partial charge in [-0.3, -0.25) is 0 Å². The van der Waals surface area contributed by atoms with Gasteiger partial charge < -0.3 is 9.84 Å². The van der Waals surface area contributed by atoms with Crippen LogP contribution in [0.25, 0.3) is 30.8 Å². The summed E-state index contributed by atoms with van der Waals surface area (Å²) in [5.41, 5.74) is -4.19. The van der Waals surface area contributed by atoms with Crippen LogP contribution in [-0.4, -0.2) is 29.2 Å². The molecular formula is C41H44F6O2S3. The van der Waals surface area contributed by atoms with Crippen molar-refractivity contribution in [2.24, 2.45) is 0 Å². The van der Waals surface area contributed by atoms with E-state index in [2.05, 4.69) is 6.58 Å². The van der Waals surface area contributed by atoms with Gasteiger partial charge in [0.2, 0.25) is 0 Å². The summed E-state index contributed by atoms with van der Waals surface area (Å²) in [4.78, 5) is 3.71. The van der Waals surface area contributed by atoms with Crippen molar-refractivity contribution < 1.29 is 36.2 Å². The van der Waals surface area contributed by atoms with Crippen molar-refractivity contribution in [1.29, 1.82) is 0 Å². The Morgan fingerprint density at radius 1 is 0.712 bits per heavy atom. The molecule has 11 heteroatoms. The van der Waals surface area contributed by atoms with E-state index in [1.807, 2.05) is 80.5 Å². The Hall–Kier alpha value is -3.12. The highest BCUT2D eigenvalue weighted by atomic mass is 32.1. The summed E-state index contributed by atoms with van der Waals surface area (Å²) in [6.45, 7) is 22.7. The molecule has 0 bridgehead atoms. The standard InChI is InChI=1S/C41H44F6O2S3/c1-12-25(34(49-22(2)48)23-13-15-24(16-14-23)36(3,4)5)32-33(40(44,45)41(46,47)39(32,42)43)26-21-29(27-17-19-30(50-27)37(6,7)8)52-35(26)28-18-20-31(51-28)38(9,10)11/h12-22,48H,1H2,2-11H3/b34-25+. The second kappa shape index (κ2) is 13.3. The first-order valence-corrected chi connectivity index (χ1v) is 19.3. The number of allylic oxidation sites excluding steroid dienone is 4. The topological polar surface area (TPSA) is 29.5 Å². The Kier molecular flexibility index (Phi) is 10.3. The second-order valence-corrected chi connectivity index (χ2v) is 19.4. The number of alkyl halides is 6. The molecule has 0 saturated heterocycles. The highest BCUT2D eigenvalue weighted by molar-refractivity contribution is 7.26. The zero-order chi connectivity index (χ0) is 39.0. The van der Waals surface area contributed by atoms with Crippen LogP contribution >= 0.6 is 34.0 Å². The van der Waals surface area contributed by atoms with Gasteiger partial charge in [0, 0.05) is 52.2 Å².